The first-order valence-corrected chi connectivity index (χ1v) is 4.71. The van der Waals surface area contributed by atoms with E-state index in [1.165, 1.54) is 20.1 Å². The number of rotatable bonds is 3. The summed E-state index contributed by atoms with van der Waals surface area (Å²) in [5.74, 6) is -2.72. The standard InChI is InChI=1S/C11H13FO4/c1-6(11(15)16-2)10(14)7-3-4-9(13)8(12)5-7/h3-6,10,13-14H,1-2H3. The van der Waals surface area contributed by atoms with Gasteiger partial charge >= 0.3 is 5.97 Å². The number of aliphatic hydroxyl groups is 1. The Morgan fingerprint density at radius 1 is 1.50 bits per heavy atom. The Labute approximate surface area is 92.3 Å². The summed E-state index contributed by atoms with van der Waals surface area (Å²) in [7, 11) is 1.21. The number of ether oxygens (including phenoxy) is 1. The van der Waals surface area contributed by atoms with Gasteiger partial charge < -0.3 is 14.9 Å². The number of halogens is 1. The Balaban J connectivity index is 2.91. The number of phenols is 1. The molecule has 0 bridgehead atoms. The van der Waals surface area contributed by atoms with Gasteiger partial charge in [-0.1, -0.05) is 6.07 Å². The summed E-state index contributed by atoms with van der Waals surface area (Å²) in [4.78, 5) is 11.2. The van der Waals surface area contributed by atoms with Crippen LogP contribution in [0.15, 0.2) is 18.2 Å². The fourth-order valence-electron chi connectivity index (χ4n) is 1.31. The maximum Gasteiger partial charge on any atom is 0.311 e. The molecule has 88 valence electrons. The Morgan fingerprint density at radius 3 is 2.62 bits per heavy atom. The molecule has 0 spiro atoms. The van der Waals surface area contributed by atoms with Crippen molar-refractivity contribution in [1.29, 1.82) is 0 Å². The topological polar surface area (TPSA) is 66.8 Å². The average molecular weight is 228 g/mol. The highest BCUT2D eigenvalue weighted by molar-refractivity contribution is 5.72. The minimum atomic E-state index is -1.16. The third-order valence-corrected chi connectivity index (χ3v) is 2.36. The van der Waals surface area contributed by atoms with Crippen LogP contribution in [0, 0.1) is 11.7 Å². The van der Waals surface area contributed by atoms with E-state index in [1.807, 2.05) is 0 Å². The molecule has 0 saturated carbocycles. The van der Waals surface area contributed by atoms with Crippen LogP contribution in [0.2, 0.25) is 0 Å². The Bertz CT molecular complexity index is 392. The number of carbonyl (C=O) groups excluding carboxylic acids is 1. The minimum Gasteiger partial charge on any atom is -0.505 e. The van der Waals surface area contributed by atoms with Crippen molar-refractivity contribution in [3.63, 3.8) is 0 Å². The van der Waals surface area contributed by atoms with Gasteiger partial charge in [-0.25, -0.2) is 4.39 Å². The minimum absolute atomic E-state index is 0.216. The molecule has 0 radical (unpaired) electrons. The molecular weight excluding hydrogens is 215 g/mol. The van der Waals surface area contributed by atoms with Crippen LogP contribution in [-0.2, 0) is 9.53 Å². The highest BCUT2D eigenvalue weighted by Gasteiger charge is 2.24. The van der Waals surface area contributed by atoms with Crippen LogP contribution in [-0.4, -0.2) is 23.3 Å². The van der Waals surface area contributed by atoms with Gasteiger partial charge in [0.05, 0.1) is 19.1 Å². The number of benzene rings is 1. The smallest absolute Gasteiger partial charge is 0.311 e. The van der Waals surface area contributed by atoms with E-state index in [1.54, 1.807) is 0 Å². The molecule has 0 saturated heterocycles. The molecule has 0 aliphatic carbocycles. The van der Waals surface area contributed by atoms with Gasteiger partial charge in [-0.15, -0.1) is 0 Å². The van der Waals surface area contributed by atoms with Gasteiger partial charge in [-0.05, 0) is 24.6 Å². The van der Waals surface area contributed by atoms with Crippen LogP contribution < -0.4 is 0 Å². The van der Waals surface area contributed by atoms with Gasteiger partial charge in [0, 0.05) is 0 Å². The Kier molecular flexibility index (Phi) is 3.84. The lowest BCUT2D eigenvalue weighted by molar-refractivity contribution is -0.148. The van der Waals surface area contributed by atoms with Crippen LogP contribution in [0.5, 0.6) is 5.75 Å². The zero-order chi connectivity index (χ0) is 12.3. The van der Waals surface area contributed by atoms with E-state index in [4.69, 9.17) is 5.11 Å². The van der Waals surface area contributed by atoms with E-state index in [2.05, 4.69) is 4.74 Å². The maximum absolute atomic E-state index is 13.0. The molecule has 2 unspecified atom stereocenters. The molecule has 2 N–H and O–H groups in total. The average Bonchev–Trinajstić information content (AvgIpc) is 2.29. The maximum atomic E-state index is 13.0. The number of esters is 1. The van der Waals surface area contributed by atoms with Crippen LogP contribution in [0.3, 0.4) is 0 Å². The van der Waals surface area contributed by atoms with E-state index in [9.17, 15) is 14.3 Å². The number of hydrogen-bond acceptors (Lipinski definition) is 4. The van der Waals surface area contributed by atoms with Gasteiger partial charge in [0.2, 0.25) is 0 Å². The van der Waals surface area contributed by atoms with Crippen molar-refractivity contribution in [2.45, 2.75) is 13.0 Å². The second-order valence-electron chi connectivity index (χ2n) is 3.47. The molecule has 0 heterocycles. The largest absolute Gasteiger partial charge is 0.505 e. The summed E-state index contributed by atoms with van der Waals surface area (Å²) < 4.78 is 17.5. The predicted octanol–water partition coefficient (Wildman–Crippen LogP) is 1.37. The molecule has 4 nitrogen and oxygen atoms in total. The van der Waals surface area contributed by atoms with E-state index in [0.717, 1.165) is 12.1 Å². The van der Waals surface area contributed by atoms with Crippen molar-refractivity contribution in [1.82, 2.24) is 0 Å². The number of phenolic OH excluding ortho intramolecular Hbond substituents is 1. The van der Waals surface area contributed by atoms with Crippen molar-refractivity contribution in [2.75, 3.05) is 7.11 Å². The summed E-state index contributed by atoms with van der Waals surface area (Å²) in [6.45, 7) is 1.47. The molecule has 0 aliphatic heterocycles. The SMILES string of the molecule is COC(=O)C(C)C(O)c1ccc(O)c(F)c1. The quantitative estimate of drug-likeness (QED) is 0.767. The molecule has 16 heavy (non-hydrogen) atoms. The Morgan fingerprint density at radius 2 is 2.12 bits per heavy atom. The molecule has 1 aromatic rings. The summed E-state index contributed by atoms with van der Waals surface area (Å²) in [6.07, 6.45) is -1.16. The number of hydrogen-bond donors (Lipinski definition) is 2. The molecule has 2 atom stereocenters. The van der Waals surface area contributed by atoms with Crippen LogP contribution in [0.1, 0.15) is 18.6 Å². The highest BCUT2D eigenvalue weighted by atomic mass is 19.1. The van der Waals surface area contributed by atoms with E-state index >= 15 is 0 Å². The zero-order valence-electron chi connectivity index (χ0n) is 8.98. The first kappa shape index (κ1) is 12.4. The van der Waals surface area contributed by atoms with Crippen molar-refractivity contribution in [3.05, 3.63) is 29.6 Å². The van der Waals surface area contributed by atoms with E-state index in [0.29, 0.717) is 0 Å². The second-order valence-corrected chi connectivity index (χ2v) is 3.47. The third-order valence-electron chi connectivity index (χ3n) is 2.36. The lowest BCUT2D eigenvalue weighted by Gasteiger charge is -2.17. The highest BCUT2D eigenvalue weighted by Crippen LogP contribution is 2.26. The first-order valence-electron chi connectivity index (χ1n) is 4.71. The molecule has 0 amide bonds. The molecular formula is C11H13FO4. The lowest BCUT2D eigenvalue weighted by atomic mass is 9.97. The molecule has 0 aromatic heterocycles. The van der Waals surface area contributed by atoms with Crippen molar-refractivity contribution in [3.8, 4) is 5.75 Å². The Hall–Kier alpha value is -1.62. The third kappa shape index (κ3) is 2.49. The molecule has 0 fully saturated rings. The summed E-state index contributed by atoms with van der Waals surface area (Å²) in [5, 5.41) is 18.7. The van der Waals surface area contributed by atoms with Gasteiger partial charge in [-0.2, -0.15) is 0 Å². The molecule has 0 aliphatic rings. The van der Waals surface area contributed by atoms with Crippen molar-refractivity contribution >= 4 is 5.97 Å². The van der Waals surface area contributed by atoms with Gasteiger partial charge in [-0.3, -0.25) is 4.79 Å². The van der Waals surface area contributed by atoms with Crippen LogP contribution in [0.4, 0.5) is 4.39 Å². The van der Waals surface area contributed by atoms with Crippen molar-refractivity contribution in [2.24, 2.45) is 5.92 Å². The number of aliphatic hydroxyl groups excluding tert-OH is 1. The molecule has 5 heteroatoms. The number of aromatic hydroxyl groups is 1. The fraction of sp³-hybridized carbons (Fsp3) is 0.364. The summed E-state index contributed by atoms with van der Waals surface area (Å²) in [6, 6.07) is 3.46. The van der Waals surface area contributed by atoms with Crippen molar-refractivity contribution < 1.29 is 24.1 Å². The zero-order valence-corrected chi connectivity index (χ0v) is 8.98. The summed E-state index contributed by atoms with van der Waals surface area (Å²) >= 11 is 0. The predicted molar refractivity (Wildman–Crippen MR) is 54.2 cm³/mol. The van der Waals surface area contributed by atoms with Gasteiger partial charge in [0.25, 0.3) is 0 Å². The lowest BCUT2D eigenvalue weighted by Crippen LogP contribution is -2.20. The van der Waals surface area contributed by atoms with E-state index in [-0.39, 0.29) is 5.56 Å². The number of methoxy groups -OCH3 is 1. The number of carbonyl (C=O) groups is 1. The molecule has 1 aromatic carbocycles. The fourth-order valence-corrected chi connectivity index (χ4v) is 1.31. The summed E-state index contributed by atoms with van der Waals surface area (Å²) in [5.41, 5.74) is 0.216. The van der Waals surface area contributed by atoms with Crippen LogP contribution >= 0.6 is 0 Å². The van der Waals surface area contributed by atoms with E-state index < -0.39 is 29.6 Å². The van der Waals surface area contributed by atoms with Gasteiger partial charge in [0.1, 0.15) is 0 Å². The van der Waals surface area contributed by atoms with Gasteiger partial charge in [0.15, 0.2) is 11.6 Å². The first-order chi connectivity index (χ1) is 7.47. The monoisotopic (exact) mass is 228 g/mol. The van der Waals surface area contributed by atoms with Crippen LogP contribution in [0.25, 0.3) is 0 Å². The normalized spacial score (nSPS) is 14.2. The second kappa shape index (κ2) is 4.94. The molecule has 1 rings (SSSR count).